The van der Waals surface area contributed by atoms with Crippen LogP contribution in [-0.4, -0.2) is 64.1 Å². The van der Waals surface area contributed by atoms with Crippen molar-refractivity contribution in [2.45, 2.75) is 6.92 Å². The molecule has 2 aromatic carbocycles. The third-order valence-corrected chi connectivity index (χ3v) is 5.28. The van der Waals surface area contributed by atoms with Gasteiger partial charge in [-0.1, -0.05) is 18.2 Å². The molecule has 0 bridgehead atoms. The van der Waals surface area contributed by atoms with E-state index in [0.29, 0.717) is 38.3 Å². The minimum atomic E-state index is -0.0366. The first-order chi connectivity index (χ1) is 14.6. The molecule has 3 aromatic rings. The molecule has 0 atom stereocenters. The molecule has 1 fully saturated rings. The third kappa shape index (κ3) is 4.58. The molecule has 4 rings (SSSR count). The van der Waals surface area contributed by atoms with E-state index >= 15 is 0 Å². The van der Waals surface area contributed by atoms with Gasteiger partial charge in [-0.05, 0) is 49.4 Å². The van der Waals surface area contributed by atoms with Crippen LogP contribution in [0.15, 0.2) is 66.9 Å². The van der Waals surface area contributed by atoms with Gasteiger partial charge in [0.1, 0.15) is 0 Å². The number of hydrogen-bond acceptors (Lipinski definition) is 4. The van der Waals surface area contributed by atoms with Crippen LogP contribution < -0.4 is 5.32 Å². The van der Waals surface area contributed by atoms with Gasteiger partial charge in [-0.25, -0.2) is 4.68 Å². The summed E-state index contributed by atoms with van der Waals surface area (Å²) in [7, 11) is 0. The van der Waals surface area contributed by atoms with E-state index in [-0.39, 0.29) is 11.8 Å². The standard InChI is InChI=1S/C23H25N5O2/c1-18-11-12-24-28(18)21-9-7-19(8-10-21)23(30)27-15-13-26(14-16-27)17-22(29)25-20-5-3-2-4-6-20/h2-12H,13-17H2,1H3,(H,25,29). The van der Waals surface area contributed by atoms with Gasteiger partial charge >= 0.3 is 0 Å². The molecular weight excluding hydrogens is 378 g/mol. The summed E-state index contributed by atoms with van der Waals surface area (Å²) in [5, 5.41) is 7.19. The molecule has 30 heavy (non-hydrogen) atoms. The Balaban J connectivity index is 1.29. The van der Waals surface area contributed by atoms with Crippen molar-refractivity contribution >= 4 is 17.5 Å². The van der Waals surface area contributed by atoms with E-state index in [0.717, 1.165) is 17.1 Å². The summed E-state index contributed by atoms with van der Waals surface area (Å²) < 4.78 is 1.84. The SMILES string of the molecule is Cc1ccnn1-c1ccc(C(=O)N2CCN(CC(=O)Nc3ccccc3)CC2)cc1. The lowest BCUT2D eigenvalue weighted by molar-refractivity contribution is -0.117. The summed E-state index contributed by atoms with van der Waals surface area (Å²) in [6.45, 7) is 4.90. The zero-order chi connectivity index (χ0) is 20.9. The van der Waals surface area contributed by atoms with Gasteiger partial charge in [-0.15, -0.1) is 0 Å². The number of rotatable bonds is 5. The molecule has 1 aliphatic heterocycles. The smallest absolute Gasteiger partial charge is 0.253 e. The fraction of sp³-hybridized carbons (Fsp3) is 0.261. The normalized spacial score (nSPS) is 14.5. The number of para-hydroxylation sites is 1. The van der Waals surface area contributed by atoms with Crippen LogP contribution in [0.25, 0.3) is 5.69 Å². The van der Waals surface area contributed by atoms with Crippen molar-refractivity contribution in [2.75, 3.05) is 38.0 Å². The van der Waals surface area contributed by atoms with Gasteiger partial charge in [0.2, 0.25) is 5.91 Å². The van der Waals surface area contributed by atoms with Gasteiger partial charge in [0.25, 0.3) is 5.91 Å². The number of nitrogens with zero attached hydrogens (tertiary/aromatic N) is 4. The fourth-order valence-corrected chi connectivity index (χ4v) is 3.60. The molecule has 1 saturated heterocycles. The van der Waals surface area contributed by atoms with Gasteiger partial charge in [-0.3, -0.25) is 14.5 Å². The van der Waals surface area contributed by atoms with Gasteiger partial charge < -0.3 is 10.2 Å². The molecular formula is C23H25N5O2. The number of carbonyl (C=O) groups excluding carboxylic acids is 2. The highest BCUT2D eigenvalue weighted by Crippen LogP contribution is 2.14. The summed E-state index contributed by atoms with van der Waals surface area (Å²) in [6.07, 6.45) is 1.76. The number of benzene rings is 2. The molecule has 2 heterocycles. The quantitative estimate of drug-likeness (QED) is 0.711. The van der Waals surface area contributed by atoms with Crippen molar-refractivity contribution in [1.29, 1.82) is 0 Å². The van der Waals surface area contributed by atoms with Gasteiger partial charge in [0.05, 0.1) is 12.2 Å². The number of hydrogen-bond donors (Lipinski definition) is 1. The highest BCUT2D eigenvalue weighted by molar-refractivity contribution is 5.94. The average Bonchev–Trinajstić information content (AvgIpc) is 3.20. The highest BCUT2D eigenvalue weighted by Gasteiger charge is 2.23. The van der Waals surface area contributed by atoms with Crippen LogP contribution in [0.2, 0.25) is 0 Å². The van der Waals surface area contributed by atoms with Crippen molar-refractivity contribution in [2.24, 2.45) is 0 Å². The van der Waals surface area contributed by atoms with Gasteiger partial charge in [0.15, 0.2) is 0 Å². The van der Waals surface area contributed by atoms with Crippen molar-refractivity contribution in [3.63, 3.8) is 0 Å². The minimum Gasteiger partial charge on any atom is -0.336 e. The molecule has 0 radical (unpaired) electrons. The van der Waals surface area contributed by atoms with E-state index in [1.54, 1.807) is 6.20 Å². The Labute approximate surface area is 175 Å². The molecule has 0 saturated carbocycles. The topological polar surface area (TPSA) is 70.5 Å². The maximum absolute atomic E-state index is 12.8. The van der Waals surface area contributed by atoms with E-state index in [9.17, 15) is 9.59 Å². The molecule has 0 spiro atoms. The second-order valence-electron chi connectivity index (χ2n) is 7.41. The van der Waals surface area contributed by atoms with E-state index in [1.807, 2.05) is 77.2 Å². The van der Waals surface area contributed by atoms with E-state index < -0.39 is 0 Å². The molecule has 154 valence electrons. The predicted molar refractivity (Wildman–Crippen MR) is 116 cm³/mol. The van der Waals surface area contributed by atoms with Crippen LogP contribution in [0.4, 0.5) is 5.69 Å². The molecule has 7 nitrogen and oxygen atoms in total. The summed E-state index contributed by atoms with van der Waals surface area (Å²) in [4.78, 5) is 29.0. The number of piperazine rings is 1. The number of anilines is 1. The number of carbonyl (C=O) groups is 2. The first kappa shape index (κ1) is 19.8. The molecule has 7 heteroatoms. The summed E-state index contributed by atoms with van der Waals surface area (Å²) >= 11 is 0. The van der Waals surface area contributed by atoms with Crippen molar-refractivity contribution in [1.82, 2.24) is 19.6 Å². The van der Waals surface area contributed by atoms with Crippen LogP contribution in [0.1, 0.15) is 16.1 Å². The van der Waals surface area contributed by atoms with Crippen LogP contribution in [0.3, 0.4) is 0 Å². The Morgan fingerprint density at radius 2 is 1.63 bits per heavy atom. The van der Waals surface area contributed by atoms with E-state index in [2.05, 4.69) is 15.3 Å². The maximum atomic E-state index is 12.8. The highest BCUT2D eigenvalue weighted by atomic mass is 16.2. The summed E-state index contributed by atoms with van der Waals surface area (Å²) in [5.41, 5.74) is 3.44. The second kappa shape index (κ2) is 8.92. The molecule has 2 amide bonds. The first-order valence-corrected chi connectivity index (χ1v) is 10.1. The Bertz CT molecular complexity index is 1010. The van der Waals surface area contributed by atoms with Crippen LogP contribution >= 0.6 is 0 Å². The van der Waals surface area contributed by atoms with E-state index in [1.165, 1.54) is 0 Å². The molecule has 1 aliphatic rings. The fourth-order valence-electron chi connectivity index (χ4n) is 3.60. The zero-order valence-electron chi connectivity index (χ0n) is 17.0. The van der Waals surface area contributed by atoms with Crippen molar-refractivity contribution in [3.05, 3.63) is 78.1 Å². The predicted octanol–water partition coefficient (Wildman–Crippen LogP) is 2.58. The zero-order valence-corrected chi connectivity index (χ0v) is 17.0. The van der Waals surface area contributed by atoms with Crippen molar-refractivity contribution < 1.29 is 9.59 Å². The number of aromatic nitrogens is 2. The Morgan fingerprint density at radius 1 is 0.933 bits per heavy atom. The van der Waals surface area contributed by atoms with Crippen LogP contribution in [0, 0.1) is 6.92 Å². The van der Waals surface area contributed by atoms with Crippen LogP contribution in [0.5, 0.6) is 0 Å². The van der Waals surface area contributed by atoms with Gasteiger partial charge in [-0.2, -0.15) is 5.10 Å². The lowest BCUT2D eigenvalue weighted by atomic mass is 10.1. The lowest BCUT2D eigenvalue weighted by Gasteiger charge is -2.34. The number of aryl methyl sites for hydroxylation is 1. The first-order valence-electron chi connectivity index (χ1n) is 10.1. The monoisotopic (exact) mass is 403 g/mol. The molecule has 1 N–H and O–H groups in total. The molecule has 0 aliphatic carbocycles. The van der Waals surface area contributed by atoms with E-state index in [4.69, 9.17) is 0 Å². The van der Waals surface area contributed by atoms with Crippen molar-refractivity contribution in [3.8, 4) is 5.69 Å². The number of nitrogens with one attached hydrogen (secondary N) is 1. The summed E-state index contributed by atoms with van der Waals surface area (Å²) in [6, 6.07) is 18.9. The maximum Gasteiger partial charge on any atom is 0.253 e. The Kier molecular flexibility index (Phi) is 5.90. The lowest BCUT2D eigenvalue weighted by Crippen LogP contribution is -2.50. The molecule has 0 unspecified atom stereocenters. The van der Waals surface area contributed by atoms with Crippen LogP contribution in [-0.2, 0) is 4.79 Å². The van der Waals surface area contributed by atoms with Gasteiger partial charge in [0, 0.05) is 49.3 Å². The largest absolute Gasteiger partial charge is 0.336 e. The second-order valence-corrected chi connectivity index (χ2v) is 7.41. The molecule has 1 aromatic heterocycles. The minimum absolute atomic E-state index is 0.0205. The Morgan fingerprint density at radius 3 is 2.27 bits per heavy atom. The number of amides is 2. The summed E-state index contributed by atoms with van der Waals surface area (Å²) in [5.74, 6) is -0.0161. The third-order valence-electron chi connectivity index (χ3n) is 5.28. The average molecular weight is 403 g/mol. The Hall–Kier alpha value is -3.45.